The first-order valence-corrected chi connectivity index (χ1v) is 9.12. The lowest BCUT2D eigenvalue weighted by molar-refractivity contribution is -0.121. The molecule has 0 saturated carbocycles. The summed E-state index contributed by atoms with van der Waals surface area (Å²) in [6.07, 6.45) is 3.88. The molecule has 1 fully saturated rings. The minimum Gasteiger partial charge on any atom is -0.354 e. The quantitative estimate of drug-likeness (QED) is 0.816. The van der Waals surface area contributed by atoms with Gasteiger partial charge in [0.25, 0.3) is 0 Å². The molecule has 140 valence electrons. The number of hydrogen-bond acceptors (Lipinski definition) is 5. The first-order valence-electron chi connectivity index (χ1n) is 9.12. The van der Waals surface area contributed by atoms with Gasteiger partial charge in [0.2, 0.25) is 5.91 Å². The van der Waals surface area contributed by atoms with Crippen LogP contribution in [0.3, 0.4) is 0 Å². The van der Waals surface area contributed by atoms with Crippen LogP contribution in [0.25, 0.3) is 0 Å². The van der Waals surface area contributed by atoms with E-state index in [9.17, 15) is 9.18 Å². The summed E-state index contributed by atoms with van der Waals surface area (Å²) in [7, 11) is 0. The van der Waals surface area contributed by atoms with Crippen molar-refractivity contribution in [3.05, 3.63) is 41.5 Å². The van der Waals surface area contributed by atoms with E-state index in [4.69, 9.17) is 0 Å². The summed E-state index contributed by atoms with van der Waals surface area (Å²) in [5.41, 5.74) is 1.03. The van der Waals surface area contributed by atoms with Crippen LogP contribution in [0.15, 0.2) is 24.3 Å². The molecule has 2 heterocycles. The summed E-state index contributed by atoms with van der Waals surface area (Å²) in [4.78, 5) is 14.6. The van der Waals surface area contributed by atoms with Gasteiger partial charge in [-0.2, -0.15) is 0 Å². The average Bonchev–Trinajstić information content (AvgIpc) is 3.07. The predicted molar refractivity (Wildman–Crippen MR) is 94.7 cm³/mol. The van der Waals surface area contributed by atoms with Crippen molar-refractivity contribution in [2.75, 3.05) is 19.6 Å². The summed E-state index contributed by atoms with van der Waals surface area (Å²) in [6.45, 7) is 4.77. The lowest BCUT2D eigenvalue weighted by atomic mass is 10.0. The van der Waals surface area contributed by atoms with Crippen molar-refractivity contribution in [1.29, 1.82) is 0 Å². The molecule has 1 aromatic carbocycles. The zero-order valence-electron chi connectivity index (χ0n) is 15.1. The Kier molecular flexibility index (Phi) is 6.27. The molecule has 1 N–H and O–H groups in total. The van der Waals surface area contributed by atoms with Gasteiger partial charge in [0.15, 0.2) is 0 Å². The van der Waals surface area contributed by atoms with Crippen LogP contribution in [0.1, 0.15) is 43.1 Å². The molecule has 0 bridgehead atoms. The highest BCUT2D eigenvalue weighted by Gasteiger charge is 2.23. The van der Waals surface area contributed by atoms with Crippen molar-refractivity contribution in [1.82, 2.24) is 30.4 Å². The van der Waals surface area contributed by atoms with Crippen LogP contribution in [0.4, 0.5) is 4.39 Å². The number of carbonyl (C=O) groups excluding carboxylic acids is 1. The predicted octanol–water partition coefficient (Wildman–Crippen LogP) is 1.85. The summed E-state index contributed by atoms with van der Waals surface area (Å²) in [6, 6.07) is 6.65. The molecule has 1 unspecified atom stereocenters. The number of aromatic nitrogens is 4. The third-order valence-corrected chi connectivity index (χ3v) is 4.84. The number of piperidine rings is 1. The summed E-state index contributed by atoms with van der Waals surface area (Å²) >= 11 is 0. The van der Waals surface area contributed by atoms with Crippen molar-refractivity contribution in [2.24, 2.45) is 0 Å². The molecule has 8 heteroatoms. The van der Waals surface area contributed by atoms with Gasteiger partial charge in [0.1, 0.15) is 11.6 Å². The van der Waals surface area contributed by atoms with Gasteiger partial charge in [-0.15, -0.1) is 5.10 Å². The van der Waals surface area contributed by atoms with Gasteiger partial charge in [-0.05, 0) is 61.0 Å². The lowest BCUT2D eigenvalue weighted by Crippen LogP contribution is -2.40. The number of carbonyl (C=O) groups is 1. The number of rotatable bonds is 7. The highest BCUT2D eigenvalue weighted by Crippen LogP contribution is 2.24. The summed E-state index contributed by atoms with van der Waals surface area (Å²) in [5.74, 6) is 0.409. The number of benzene rings is 1. The Morgan fingerprint density at radius 2 is 1.96 bits per heavy atom. The van der Waals surface area contributed by atoms with Crippen LogP contribution < -0.4 is 5.32 Å². The van der Waals surface area contributed by atoms with E-state index in [0.717, 1.165) is 31.5 Å². The molecule has 7 nitrogen and oxygen atoms in total. The Balaban J connectivity index is 1.59. The number of hydrogen-bond donors (Lipinski definition) is 1. The Morgan fingerprint density at radius 1 is 1.23 bits per heavy atom. The van der Waals surface area contributed by atoms with Crippen molar-refractivity contribution >= 4 is 5.91 Å². The molecule has 0 radical (unpaired) electrons. The van der Waals surface area contributed by atoms with Gasteiger partial charge in [0.05, 0.1) is 12.6 Å². The van der Waals surface area contributed by atoms with Crippen LogP contribution in [0.5, 0.6) is 0 Å². The minimum atomic E-state index is -0.244. The second-order valence-electron chi connectivity index (χ2n) is 6.67. The molecular formula is C18H25FN6O. The molecule has 1 atom stereocenters. The van der Waals surface area contributed by atoms with Crippen LogP contribution in [-0.4, -0.2) is 50.6 Å². The average molecular weight is 360 g/mol. The fourth-order valence-electron chi connectivity index (χ4n) is 3.33. The second-order valence-corrected chi connectivity index (χ2v) is 6.67. The Hall–Kier alpha value is -2.35. The molecule has 1 aliphatic rings. The van der Waals surface area contributed by atoms with Gasteiger partial charge >= 0.3 is 0 Å². The number of aryl methyl sites for hydroxylation is 2. The van der Waals surface area contributed by atoms with Crippen LogP contribution >= 0.6 is 0 Å². The van der Waals surface area contributed by atoms with E-state index >= 15 is 0 Å². The van der Waals surface area contributed by atoms with Crippen molar-refractivity contribution < 1.29 is 9.18 Å². The topological polar surface area (TPSA) is 75.9 Å². The van der Waals surface area contributed by atoms with Crippen molar-refractivity contribution in [3.63, 3.8) is 0 Å². The van der Waals surface area contributed by atoms with E-state index in [1.807, 2.05) is 12.1 Å². The number of amides is 1. The second kappa shape index (κ2) is 8.84. The van der Waals surface area contributed by atoms with Gasteiger partial charge in [-0.25, -0.2) is 9.07 Å². The zero-order valence-corrected chi connectivity index (χ0v) is 15.1. The molecule has 1 aromatic heterocycles. The van der Waals surface area contributed by atoms with Crippen LogP contribution in [-0.2, 0) is 11.3 Å². The molecule has 0 spiro atoms. The van der Waals surface area contributed by atoms with E-state index in [-0.39, 0.29) is 17.8 Å². The van der Waals surface area contributed by atoms with Gasteiger partial charge in [-0.1, -0.05) is 18.6 Å². The number of tetrazole rings is 1. The highest BCUT2D eigenvalue weighted by atomic mass is 19.1. The summed E-state index contributed by atoms with van der Waals surface area (Å²) in [5, 5.41) is 14.2. The standard InChI is InChI=1S/C18H25FN6O/c1-14-21-22-23-25(14)12-9-18(26)20-13-17(24-10-3-2-4-11-24)15-5-7-16(19)8-6-15/h5-8,17H,2-4,9-13H2,1H3,(H,20,26). The van der Waals surface area contributed by atoms with Gasteiger partial charge in [-0.3, -0.25) is 9.69 Å². The maximum atomic E-state index is 13.3. The van der Waals surface area contributed by atoms with E-state index in [1.165, 1.54) is 18.6 Å². The first kappa shape index (κ1) is 18.4. The minimum absolute atomic E-state index is 0.0379. The number of nitrogens with one attached hydrogen (secondary N) is 1. The molecule has 1 saturated heterocycles. The Bertz CT molecular complexity index is 711. The monoisotopic (exact) mass is 360 g/mol. The fraction of sp³-hybridized carbons (Fsp3) is 0.556. The Morgan fingerprint density at radius 3 is 2.62 bits per heavy atom. The fourth-order valence-corrected chi connectivity index (χ4v) is 3.33. The van der Waals surface area contributed by atoms with Crippen molar-refractivity contribution in [2.45, 2.75) is 45.2 Å². The van der Waals surface area contributed by atoms with Gasteiger partial charge < -0.3 is 5.32 Å². The molecule has 3 rings (SSSR count). The third-order valence-electron chi connectivity index (χ3n) is 4.84. The molecule has 2 aromatic rings. The smallest absolute Gasteiger partial charge is 0.221 e. The maximum Gasteiger partial charge on any atom is 0.221 e. The molecule has 1 amide bonds. The molecule has 26 heavy (non-hydrogen) atoms. The normalized spacial score (nSPS) is 16.4. The molecule has 1 aliphatic heterocycles. The van der Waals surface area contributed by atoms with E-state index in [0.29, 0.717) is 25.3 Å². The van der Waals surface area contributed by atoms with E-state index in [1.54, 1.807) is 11.6 Å². The van der Waals surface area contributed by atoms with E-state index in [2.05, 4.69) is 25.7 Å². The first-order chi connectivity index (χ1) is 12.6. The molecular weight excluding hydrogens is 335 g/mol. The zero-order chi connectivity index (χ0) is 18.4. The highest BCUT2D eigenvalue weighted by molar-refractivity contribution is 5.75. The summed E-state index contributed by atoms with van der Waals surface area (Å²) < 4.78 is 14.9. The maximum absolute atomic E-state index is 13.3. The SMILES string of the molecule is Cc1nnnn1CCC(=O)NCC(c1ccc(F)cc1)N1CCCCC1. The van der Waals surface area contributed by atoms with E-state index < -0.39 is 0 Å². The Labute approximate surface area is 152 Å². The van der Waals surface area contributed by atoms with Gasteiger partial charge in [0, 0.05) is 13.0 Å². The number of halogens is 1. The largest absolute Gasteiger partial charge is 0.354 e. The third kappa shape index (κ3) is 4.85. The number of nitrogens with zero attached hydrogens (tertiary/aromatic N) is 5. The van der Waals surface area contributed by atoms with Crippen LogP contribution in [0.2, 0.25) is 0 Å². The lowest BCUT2D eigenvalue weighted by Gasteiger charge is -2.35. The molecule has 0 aliphatic carbocycles. The number of likely N-dealkylation sites (tertiary alicyclic amines) is 1. The van der Waals surface area contributed by atoms with Crippen LogP contribution in [0, 0.1) is 12.7 Å². The van der Waals surface area contributed by atoms with Crippen molar-refractivity contribution in [3.8, 4) is 0 Å².